The first kappa shape index (κ1) is 14.1. The Bertz CT molecular complexity index is 517. The standard InChI is InChI=1S/C15H16BO2P/c1-12(2)17-13-7-6-10-15(11-13)19(18-16)14-8-4-3-5-9-14/h3-12H,1-2H3/t19-/m1/s1. The highest BCUT2D eigenvalue weighted by atomic mass is 31.1. The van der Waals surface area contributed by atoms with Gasteiger partial charge < -0.3 is 9.18 Å². The minimum Gasteiger partial charge on any atom is -0.491 e. The highest BCUT2D eigenvalue weighted by molar-refractivity contribution is 7.69. The van der Waals surface area contributed by atoms with E-state index < -0.39 is 8.15 Å². The van der Waals surface area contributed by atoms with Gasteiger partial charge in [0.05, 0.1) is 14.3 Å². The number of rotatable bonds is 5. The molecule has 0 heterocycles. The van der Waals surface area contributed by atoms with Crippen molar-refractivity contribution < 1.29 is 9.18 Å². The predicted octanol–water partition coefficient (Wildman–Crippen LogP) is 2.92. The summed E-state index contributed by atoms with van der Waals surface area (Å²) in [4.78, 5) is 0. The second kappa shape index (κ2) is 6.74. The van der Waals surface area contributed by atoms with E-state index in [0.29, 0.717) is 0 Å². The molecule has 0 bridgehead atoms. The van der Waals surface area contributed by atoms with Crippen molar-refractivity contribution in [2.24, 2.45) is 0 Å². The van der Waals surface area contributed by atoms with Gasteiger partial charge in [-0.05, 0) is 26.0 Å². The van der Waals surface area contributed by atoms with Crippen LogP contribution in [0.5, 0.6) is 5.75 Å². The highest BCUT2D eigenvalue weighted by Gasteiger charge is 2.13. The maximum Gasteiger partial charge on any atom is 0.289 e. The normalized spacial score (nSPS) is 12.4. The summed E-state index contributed by atoms with van der Waals surface area (Å²) >= 11 is 0. The monoisotopic (exact) mass is 270 g/mol. The SMILES string of the molecule is [B]O[P@](c1ccccc1)c1cccc(OC(C)C)c1. The van der Waals surface area contributed by atoms with Gasteiger partial charge in [-0.2, -0.15) is 0 Å². The lowest BCUT2D eigenvalue weighted by molar-refractivity contribution is 0.242. The van der Waals surface area contributed by atoms with E-state index in [-0.39, 0.29) is 6.10 Å². The fourth-order valence-electron chi connectivity index (χ4n) is 1.79. The topological polar surface area (TPSA) is 18.5 Å². The summed E-state index contributed by atoms with van der Waals surface area (Å²) in [6.45, 7) is 4.01. The molecule has 96 valence electrons. The lowest BCUT2D eigenvalue weighted by atomic mass is 10.3. The van der Waals surface area contributed by atoms with Crippen molar-refractivity contribution >= 4 is 26.8 Å². The van der Waals surface area contributed by atoms with Crippen LogP contribution >= 0.6 is 8.15 Å². The van der Waals surface area contributed by atoms with Gasteiger partial charge >= 0.3 is 0 Å². The molecule has 2 nitrogen and oxygen atoms in total. The molecule has 1 atom stereocenters. The highest BCUT2D eigenvalue weighted by Crippen LogP contribution is 2.34. The second-order valence-electron chi connectivity index (χ2n) is 4.40. The third kappa shape index (κ3) is 3.83. The maximum atomic E-state index is 5.70. The molecule has 0 unspecified atom stereocenters. The first-order valence-electron chi connectivity index (χ1n) is 6.19. The molecule has 0 aliphatic carbocycles. The Morgan fingerprint density at radius 2 is 1.63 bits per heavy atom. The molecule has 2 aromatic carbocycles. The maximum absolute atomic E-state index is 5.70. The minimum atomic E-state index is -0.992. The van der Waals surface area contributed by atoms with Crippen LogP contribution in [0.1, 0.15) is 13.8 Å². The molecule has 2 rings (SSSR count). The van der Waals surface area contributed by atoms with Crippen molar-refractivity contribution in [2.45, 2.75) is 20.0 Å². The van der Waals surface area contributed by atoms with E-state index >= 15 is 0 Å². The van der Waals surface area contributed by atoms with Crippen LogP contribution in [0.3, 0.4) is 0 Å². The Kier molecular flexibility index (Phi) is 5.01. The number of ether oxygens (including phenoxy) is 1. The molecule has 4 heteroatoms. The molecule has 0 aliphatic heterocycles. The Morgan fingerprint density at radius 3 is 2.26 bits per heavy atom. The van der Waals surface area contributed by atoms with Crippen LogP contribution in [0.4, 0.5) is 0 Å². The van der Waals surface area contributed by atoms with E-state index in [9.17, 15) is 0 Å². The third-order valence-corrected chi connectivity index (χ3v) is 4.25. The summed E-state index contributed by atoms with van der Waals surface area (Å²) in [6.07, 6.45) is 0.150. The largest absolute Gasteiger partial charge is 0.491 e. The van der Waals surface area contributed by atoms with Gasteiger partial charge in [-0.25, -0.2) is 0 Å². The molecule has 19 heavy (non-hydrogen) atoms. The van der Waals surface area contributed by atoms with Crippen LogP contribution < -0.4 is 15.3 Å². The molecule has 2 aromatic rings. The molecule has 0 spiro atoms. The van der Waals surface area contributed by atoms with Crippen LogP contribution in [0.25, 0.3) is 0 Å². The van der Waals surface area contributed by atoms with Crippen LogP contribution in [0.15, 0.2) is 54.6 Å². The molecule has 0 N–H and O–H groups in total. The van der Waals surface area contributed by atoms with Crippen molar-refractivity contribution in [3.8, 4) is 5.75 Å². The summed E-state index contributed by atoms with van der Waals surface area (Å²) in [6, 6.07) is 17.9. The predicted molar refractivity (Wildman–Crippen MR) is 81.7 cm³/mol. The summed E-state index contributed by atoms with van der Waals surface area (Å²) in [5.74, 6) is 0.841. The molecular weight excluding hydrogens is 254 g/mol. The van der Waals surface area contributed by atoms with E-state index in [1.165, 1.54) is 0 Å². The van der Waals surface area contributed by atoms with E-state index in [2.05, 4.69) is 0 Å². The molecule has 0 aliphatic rings. The van der Waals surface area contributed by atoms with Crippen molar-refractivity contribution in [1.82, 2.24) is 0 Å². The first-order chi connectivity index (χ1) is 9.20. The van der Waals surface area contributed by atoms with Crippen LogP contribution in [0.2, 0.25) is 0 Å². The van der Waals surface area contributed by atoms with Crippen molar-refractivity contribution in [3.63, 3.8) is 0 Å². The average molecular weight is 270 g/mol. The summed E-state index contributed by atoms with van der Waals surface area (Å²) < 4.78 is 10.9. The van der Waals surface area contributed by atoms with Crippen LogP contribution in [-0.4, -0.2) is 14.2 Å². The van der Waals surface area contributed by atoms with Gasteiger partial charge in [0.1, 0.15) is 5.75 Å². The first-order valence-corrected chi connectivity index (χ1v) is 7.45. The fourth-order valence-corrected chi connectivity index (χ4v) is 3.24. The van der Waals surface area contributed by atoms with Crippen LogP contribution in [0, 0.1) is 0 Å². The number of hydrogen-bond donors (Lipinski definition) is 0. The van der Waals surface area contributed by atoms with Gasteiger partial charge in [-0.1, -0.05) is 42.5 Å². The quantitative estimate of drug-likeness (QED) is 0.614. The third-order valence-electron chi connectivity index (χ3n) is 2.52. The van der Waals surface area contributed by atoms with Gasteiger partial charge in [-0.3, -0.25) is 0 Å². The second-order valence-corrected chi connectivity index (χ2v) is 6.23. The van der Waals surface area contributed by atoms with Gasteiger partial charge in [-0.15, -0.1) is 0 Å². The Balaban J connectivity index is 2.28. The Morgan fingerprint density at radius 1 is 0.947 bits per heavy atom. The zero-order chi connectivity index (χ0) is 13.7. The van der Waals surface area contributed by atoms with E-state index in [1.54, 1.807) is 0 Å². The molecule has 0 saturated heterocycles. The smallest absolute Gasteiger partial charge is 0.289 e. The van der Waals surface area contributed by atoms with Gasteiger partial charge in [0.15, 0.2) is 0 Å². The number of benzene rings is 2. The van der Waals surface area contributed by atoms with E-state index in [1.807, 2.05) is 68.4 Å². The van der Waals surface area contributed by atoms with Gasteiger partial charge in [0.25, 0.3) is 8.05 Å². The molecule has 0 aromatic heterocycles. The van der Waals surface area contributed by atoms with E-state index in [4.69, 9.17) is 17.2 Å². The van der Waals surface area contributed by atoms with Crippen molar-refractivity contribution in [1.29, 1.82) is 0 Å². The Labute approximate surface area is 117 Å². The zero-order valence-electron chi connectivity index (χ0n) is 11.1. The molecular formula is C15H16BO2P. The summed E-state index contributed by atoms with van der Waals surface area (Å²) in [7, 11) is 4.48. The van der Waals surface area contributed by atoms with Gasteiger partial charge in [0, 0.05) is 10.6 Å². The minimum absolute atomic E-state index is 0.150. The molecule has 0 fully saturated rings. The molecule has 0 amide bonds. The summed E-state index contributed by atoms with van der Waals surface area (Å²) in [5, 5.41) is 2.13. The van der Waals surface area contributed by atoms with E-state index in [0.717, 1.165) is 16.4 Å². The zero-order valence-corrected chi connectivity index (χ0v) is 12.0. The molecule has 0 saturated carbocycles. The summed E-state index contributed by atoms with van der Waals surface area (Å²) in [5.41, 5.74) is 0. The van der Waals surface area contributed by atoms with Crippen molar-refractivity contribution in [3.05, 3.63) is 54.6 Å². The average Bonchev–Trinajstić information content (AvgIpc) is 2.40. The van der Waals surface area contributed by atoms with Gasteiger partial charge in [0.2, 0.25) is 0 Å². The lowest BCUT2D eigenvalue weighted by Crippen LogP contribution is -2.14. The van der Waals surface area contributed by atoms with Crippen molar-refractivity contribution in [2.75, 3.05) is 0 Å². The molecule has 2 radical (unpaired) electrons. The van der Waals surface area contributed by atoms with Crippen LogP contribution in [-0.2, 0) is 4.44 Å². The lowest BCUT2D eigenvalue weighted by Gasteiger charge is -2.18. The Hall–Kier alpha value is -1.31. The number of hydrogen-bond acceptors (Lipinski definition) is 2. The fraction of sp³-hybridized carbons (Fsp3) is 0.200.